The van der Waals surface area contributed by atoms with E-state index in [9.17, 15) is 4.79 Å². The van der Waals surface area contributed by atoms with Crippen LogP contribution in [0.1, 0.15) is 20.3 Å². The zero-order valence-corrected chi connectivity index (χ0v) is 5.77. The fourth-order valence-corrected chi connectivity index (χ4v) is 0.831. The van der Waals surface area contributed by atoms with Crippen LogP contribution in [0.15, 0.2) is 11.8 Å². The Kier molecular flexibility index (Phi) is 1.56. The Balaban J connectivity index is 2.55. The van der Waals surface area contributed by atoms with E-state index in [1.54, 1.807) is 0 Å². The molecule has 0 aromatic rings. The standard InChI is InChI=1S/C7H11NO/c1-5(2)6-3-7(9)8-4-6/h4-5H,3H2,1-2H3,(H,8,9). The topological polar surface area (TPSA) is 29.1 Å². The molecule has 0 spiro atoms. The van der Waals surface area contributed by atoms with Crippen molar-refractivity contribution in [2.75, 3.05) is 0 Å². The van der Waals surface area contributed by atoms with Crippen LogP contribution in [-0.4, -0.2) is 5.91 Å². The van der Waals surface area contributed by atoms with Gasteiger partial charge in [0.1, 0.15) is 0 Å². The van der Waals surface area contributed by atoms with E-state index >= 15 is 0 Å². The molecule has 50 valence electrons. The highest BCUT2D eigenvalue weighted by molar-refractivity contribution is 5.82. The monoisotopic (exact) mass is 125 g/mol. The minimum atomic E-state index is 0.124. The molecule has 0 aromatic carbocycles. The summed E-state index contributed by atoms with van der Waals surface area (Å²) in [5.41, 5.74) is 1.21. The molecule has 9 heavy (non-hydrogen) atoms. The first-order chi connectivity index (χ1) is 4.20. The summed E-state index contributed by atoms with van der Waals surface area (Å²) in [5, 5.41) is 2.65. The molecule has 1 amide bonds. The highest BCUT2D eigenvalue weighted by Gasteiger charge is 2.13. The fourth-order valence-electron chi connectivity index (χ4n) is 0.831. The molecule has 0 unspecified atom stereocenters. The molecule has 1 aliphatic rings. The lowest BCUT2D eigenvalue weighted by Gasteiger charge is -2.00. The maximum absolute atomic E-state index is 10.6. The van der Waals surface area contributed by atoms with Gasteiger partial charge in [-0.05, 0) is 11.5 Å². The smallest absolute Gasteiger partial charge is 0.228 e. The van der Waals surface area contributed by atoms with E-state index in [4.69, 9.17) is 0 Å². The van der Waals surface area contributed by atoms with Crippen LogP contribution in [0.2, 0.25) is 0 Å². The maximum Gasteiger partial charge on any atom is 0.228 e. The van der Waals surface area contributed by atoms with Crippen LogP contribution >= 0.6 is 0 Å². The van der Waals surface area contributed by atoms with E-state index < -0.39 is 0 Å². The molecule has 0 saturated heterocycles. The van der Waals surface area contributed by atoms with Crippen molar-refractivity contribution in [1.82, 2.24) is 5.32 Å². The van der Waals surface area contributed by atoms with Gasteiger partial charge in [0.15, 0.2) is 0 Å². The van der Waals surface area contributed by atoms with Crippen molar-refractivity contribution in [3.05, 3.63) is 11.8 Å². The molecule has 0 saturated carbocycles. The zero-order chi connectivity index (χ0) is 6.85. The van der Waals surface area contributed by atoms with Crippen molar-refractivity contribution < 1.29 is 4.79 Å². The predicted molar refractivity (Wildman–Crippen MR) is 35.7 cm³/mol. The first-order valence-corrected chi connectivity index (χ1v) is 3.18. The second-order valence-corrected chi connectivity index (χ2v) is 2.62. The molecule has 0 bridgehead atoms. The third-order valence-electron chi connectivity index (χ3n) is 1.52. The van der Waals surface area contributed by atoms with Crippen LogP contribution < -0.4 is 5.32 Å². The maximum atomic E-state index is 10.6. The number of hydrogen-bond donors (Lipinski definition) is 1. The van der Waals surface area contributed by atoms with Gasteiger partial charge >= 0.3 is 0 Å². The van der Waals surface area contributed by atoms with Gasteiger partial charge in [-0.3, -0.25) is 4.79 Å². The molecule has 0 atom stereocenters. The number of amides is 1. The van der Waals surface area contributed by atoms with Crippen LogP contribution in [0.25, 0.3) is 0 Å². The van der Waals surface area contributed by atoms with E-state index in [0.29, 0.717) is 12.3 Å². The van der Waals surface area contributed by atoms with Gasteiger partial charge in [-0.1, -0.05) is 13.8 Å². The molecule has 0 fully saturated rings. The van der Waals surface area contributed by atoms with Crippen LogP contribution in [0, 0.1) is 5.92 Å². The lowest BCUT2D eigenvalue weighted by molar-refractivity contribution is -0.118. The Morgan fingerprint density at radius 1 is 1.67 bits per heavy atom. The summed E-state index contributed by atoms with van der Waals surface area (Å²) in [5.74, 6) is 0.627. The summed E-state index contributed by atoms with van der Waals surface area (Å²) in [4.78, 5) is 10.6. The van der Waals surface area contributed by atoms with Gasteiger partial charge in [-0.2, -0.15) is 0 Å². The van der Waals surface area contributed by atoms with Gasteiger partial charge in [0, 0.05) is 12.6 Å². The SMILES string of the molecule is CC(C)C1=CNC(=O)C1. The fraction of sp³-hybridized carbons (Fsp3) is 0.571. The Bertz CT molecular complexity index is 158. The van der Waals surface area contributed by atoms with Crippen molar-refractivity contribution >= 4 is 5.91 Å². The molecular weight excluding hydrogens is 114 g/mol. The normalized spacial score (nSPS) is 18.1. The number of hydrogen-bond acceptors (Lipinski definition) is 1. The van der Waals surface area contributed by atoms with E-state index in [-0.39, 0.29) is 5.91 Å². The Morgan fingerprint density at radius 2 is 2.33 bits per heavy atom. The van der Waals surface area contributed by atoms with Gasteiger partial charge in [0.2, 0.25) is 5.91 Å². The van der Waals surface area contributed by atoms with Crippen molar-refractivity contribution in [3.8, 4) is 0 Å². The van der Waals surface area contributed by atoms with Gasteiger partial charge in [-0.25, -0.2) is 0 Å². The van der Waals surface area contributed by atoms with Gasteiger partial charge in [0.25, 0.3) is 0 Å². The molecule has 1 heterocycles. The lowest BCUT2D eigenvalue weighted by atomic mass is 10.0. The summed E-state index contributed by atoms with van der Waals surface area (Å²) in [6, 6.07) is 0. The third-order valence-corrected chi connectivity index (χ3v) is 1.52. The second kappa shape index (κ2) is 2.21. The Morgan fingerprint density at radius 3 is 2.56 bits per heavy atom. The van der Waals surface area contributed by atoms with Crippen LogP contribution in [-0.2, 0) is 4.79 Å². The molecular formula is C7H11NO. The summed E-state index contributed by atoms with van der Waals surface area (Å²) < 4.78 is 0. The van der Waals surface area contributed by atoms with Gasteiger partial charge in [-0.15, -0.1) is 0 Å². The zero-order valence-electron chi connectivity index (χ0n) is 5.77. The Hall–Kier alpha value is -0.790. The largest absolute Gasteiger partial charge is 0.332 e. The number of carbonyl (C=O) groups excluding carboxylic acids is 1. The van der Waals surface area contributed by atoms with Crippen LogP contribution in [0.3, 0.4) is 0 Å². The molecule has 0 radical (unpaired) electrons. The van der Waals surface area contributed by atoms with Gasteiger partial charge in [0.05, 0.1) is 0 Å². The minimum Gasteiger partial charge on any atom is -0.332 e. The highest BCUT2D eigenvalue weighted by atomic mass is 16.1. The summed E-state index contributed by atoms with van der Waals surface area (Å²) in [6.07, 6.45) is 2.41. The molecule has 1 aliphatic heterocycles. The van der Waals surface area contributed by atoms with E-state index in [2.05, 4.69) is 19.2 Å². The quantitative estimate of drug-likeness (QED) is 0.557. The highest BCUT2D eigenvalue weighted by Crippen LogP contribution is 2.15. The first kappa shape index (κ1) is 6.33. The van der Waals surface area contributed by atoms with Crippen molar-refractivity contribution in [3.63, 3.8) is 0 Å². The average Bonchev–Trinajstić information content (AvgIpc) is 2.14. The van der Waals surface area contributed by atoms with Crippen molar-refractivity contribution in [2.45, 2.75) is 20.3 Å². The molecule has 1 N–H and O–H groups in total. The Labute approximate surface area is 54.9 Å². The number of nitrogens with one attached hydrogen (secondary N) is 1. The minimum absolute atomic E-state index is 0.124. The third kappa shape index (κ3) is 1.31. The number of carbonyl (C=O) groups is 1. The molecule has 0 aromatic heterocycles. The summed E-state index contributed by atoms with van der Waals surface area (Å²) in [6.45, 7) is 4.18. The number of rotatable bonds is 1. The molecule has 2 heteroatoms. The van der Waals surface area contributed by atoms with Crippen LogP contribution in [0.4, 0.5) is 0 Å². The lowest BCUT2D eigenvalue weighted by Crippen LogP contribution is -2.08. The summed E-state index contributed by atoms with van der Waals surface area (Å²) in [7, 11) is 0. The summed E-state index contributed by atoms with van der Waals surface area (Å²) >= 11 is 0. The van der Waals surface area contributed by atoms with E-state index in [0.717, 1.165) is 0 Å². The van der Waals surface area contributed by atoms with Crippen molar-refractivity contribution in [2.24, 2.45) is 5.92 Å². The van der Waals surface area contributed by atoms with Crippen molar-refractivity contribution in [1.29, 1.82) is 0 Å². The second-order valence-electron chi connectivity index (χ2n) is 2.62. The molecule has 2 nitrogen and oxygen atoms in total. The predicted octanol–water partition coefficient (Wildman–Crippen LogP) is 1.05. The van der Waals surface area contributed by atoms with Crippen LogP contribution in [0.5, 0.6) is 0 Å². The van der Waals surface area contributed by atoms with E-state index in [1.807, 2.05) is 6.20 Å². The average molecular weight is 125 g/mol. The first-order valence-electron chi connectivity index (χ1n) is 3.18. The van der Waals surface area contributed by atoms with Gasteiger partial charge < -0.3 is 5.32 Å². The van der Waals surface area contributed by atoms with E-state index in [1.165, 1.54) is 5.57 Å². The molecule has 0 aliphatic carbocycles. The molecule has 1 rings (SSSR count).